The Balaban J connectivity index is 2.29. The number of nitrogens with one attached hydrogen (secondary N) is 1. The molecule has 6 heteroatoms. The summed E-state index contributed by atoms with van der Waals surface area (Å²) in [5, 5.41) is 12.6. The van der Waals surface area contributed by atoms with E-state index in [0.717, 1.165) is 30.5 Å². The van der Waals surface area contributed by atoms with Crippen LogP contribution in [0.15, 0.2) is 0 Å². The second-order valence-electron chi connectivity index (χ2n) is 6.28. The molecular weight excluding hydrogens is 278 g/mol. The Kier molecular flexibility index (Phi) is 4.18. The number of fused-ring (bicyclic) bond motifs is 1. The largest absolute Gasteiger partial charge is 0.481 e. The van der Waals surface area contributed by atoms with Gasteiger partial charge in [0.25, 0.3) is 0 Å². The highest BCUT2D eigenvalue weighted by molar-refractivity contribution is 6.28. The molecule has 0 saturated carbocycles. The number of halogens is 1. The van der Waals surface area contributed by atoms with Gasteiger partial charge < -0.3 is 10.4 Å². The fraction of sp³-hybridized carbons (Fsp3) is 0.643. The normalized spacial score (nSPS) is 15.8. The molecule has 0 bridgehead atoms. The lowest BCUT2D eigenvalue weighted by atomic mass is 9.84. The molecule has 2 N–H and O–H groups in total. The van der Waals surface area contributed by atoms with E-state index in [1.807, 2.05) is 20.8 Å². The van der Waals surface area contributed by atoms with Crippen LogP contribution in [0, 0.1) is 5.41 Å². The average Bonchev–Trinajstić information content (AvgIpc) is 2.74. The minimum atomic E-state index is -0.825. The summed E-state index contributed by atoms with van der Waals surface area (Å²) in [4.78, 5) is 19.5. The zero-order chi connectivity index (χ0) is 14.9. The van der Waals surface area contributed by atoms with Gasteiger partial charge in [0.2, 0.25) is 5.28 Å². The van der Waals surface area contributed by atoms with Gasteiger partial charge in [0.1, 0.15) is 5.82 Å². The van der Waals surface area contributed by atoms with Gasteiger partial charge in [-0.25, -0.2) is 9.97 Å². The third-order valence-electron chi connectivity index (χ3n) is 3.64. The van der Waals surface area contributed by atoms with Crippen molar-refractivity contribution in [3.63, 3.8) is 0 Å². The van der Waals surface area contributed by atoms with E-state index >= 15 is 0 Å². The van der Waals surface area contributed by atoms with Crippen LogP contribution in [0.5, 0.6) is 0 Å². The zero-order valence-corrected chi connectivity index (χ0v) is 12.8. The maximum atomic E-state index is 11.0. The summed E-state index contributed by atoms with van der Waals surface area (Å²) < 4.78 is 0. The molecular formula is C14H20ClN3O2. The number of hydrogen-bond donors (Lipinski definition) is 2. The Morgan fingerprint density at radius 1 is 1.40 bits per heavy atom. The summed E-state index contributed by atoms with van der Waals surface area (Å²) in [6, 6.07) is -0.212. The van der Waals surface area contributed by atoms with Crippen molar-refractivity contribution in [3.8, 4) is 0 Å². The first-order valence-corrected chi connectivity index (χ1v) is 7.19. The van der Waals surface area contributed by atoms with Crippen LogP contribution in [-0.2, 0) is 17.6 Å². The maximum Gasteiger partial charge on any atom is 0.305 e. The molecule has 1 aliphatic carbocycles. The lowest BCUT2D eigenvalue weighted by Crippen LogP contribution is -2.36. The minimum absolute atomic E-state index is 0.0416. The topological polar surface area (TPSA) is 75.1 Å². The van der Waals surface area contributed by atoms with Gasteiger partial charge in [-0.3, -0.25) is 4.79 Å². The summed E-state index contributed by atoms with van der Waals surface area (Å²) in [7, 11) is 0. The molecule has 1 aromatic rings. The molecule has 0 fully saturated rings. The van der Waals surface area contributed by atoms with Crippen LogP contribution in [0.25, 0.3) is 0 Å². The van der Waals surface area contributed by atoms with E-state index in [2.05, 4.69) is 15.3 Å². The van der Waals surface area contributed by atoms with Crippen LogP contribution < -0.4 is 5.32 Å². The van der Waals surface area contributed by atoms with Crippen molar-refractivity contribution in [3.05, 3.63) is 16.5 Å². The molecule has 1 aromatic heterocycles. The highest BCUT2D eigenvalue weighted by Gasteiger charge is 2.29. The van der Waals surface area contributed by atoms with Crippen LogP contribution in [-0.4, -0.2) is 27.1 Å². The van der Waals surface area contributed by atoms with E-state index < -0.39 is 5.97 Å². The fourth-order valence-corrected chi connectivity index (χ4v) is 2.62. The first kappa shape index (κ1) is 15.0. The van der Waals surface area contributed by atoms with Crippen molar-refractivity contribution in [2.45, 2.75) is 52.5 Å². The van der Waals surface area contributed by atoms with Crippen molar-refractivity contribution in [2.75, 3.05) is 5.32 Å². The van der Waals surface area contributed by atoms with Crippen LogP contribution >= 0.6 is 11.6 Å². The molecule has 0 radical (unpaired) electrons. The molecule has 1 aliphatic rings. The molecule has 1 unspecified atom stereocenters. The summed E-state index contributed by atoms with van der Waals surface area (Å²) in [5.41, 5.74) is 1.87. The highest BCUT2D eigenvalue weighted by Crippen LogP contribution is 2.31. The number of anilines is 1. The second kappa shape index (κ2) is 5.56. The summed E-state index contributed by atoms with van der Waals surface area (Å²) in [6.45, 7) is 6.03. The number of rotatable bonds is 4. The van der Waals surface area contributed by atoms with E-state index in [1.165, 1.54) is 0 Å². The van der Waals surface area contributed by atoms with Gasteiger partial charge in [-0.15, -0.1) is 0 Å². The van der Waals surface area contributed by atoms with E-state index in [1.54, 1.807) is 0 Å². The Labute approximate surface area is 123 Å². The molecule has 20 heavy (non-hydrogen) atoms. The molecule has 0 aliphatic heterocycles. The molecule has 0 saturated heterocycles. The number of carbonyl (C=O) groups is 1. The van der Waals surface area contributed by atoms with Gasteiger partial charge >= 0.3 is 5.97 Å². The van der Waals surface area contributed by atoms with Crippen molar-refractivity contribution < 1.29 is 9.90 Å². The molecule has 0 spiro atoms. The van der Waals surface area contributed by atoms with Crippen LogP contribution in [0.2, 0.25) is 5.28 Å². The lowest BCUT2D eigenvalue weighted by Gasteiger charge is -2.31. The Morgan fingerprint density at radius 3 is 2.70 bits per heavy atom. The first-order valence-electron chi connectivity index (χ1n) is 6.81. The molecule has 0 amide bonds. The molecule has 0 aromatic carbocycles. The Bertz CT molecular complexity index is 526. The van der Waals surface area contributed by atoms with Crippen LogP contribution in [0.3, 0.4) is 0 Å². The third-order valence-corrected chi connectivity index (χ3v) is 3.81. The van der Waals surface area contributed by atoms with Gasteiger partial charge in [0.15, 0.2) is 0 Å². The number of nitrogens with zero attached hydrogens (tertiary/aromatic N) is 2. The fourth-order valence-electron chi connectivity index (χ4n) is 2.44. The van der Waals surface area contributed by atoms with Gasteiger partial charge in [0.05, 0.1) is 12.1 Å². The maximum absolute atomic E-state index is 11.0. The molecule has 2 rings (SSSR count). The van der Waals surface area contributed by atoms with Crippen LogP contribution in [0.1, 0.15) is 44.9 Å². The summed E-state index contributed by atoms with van der Waals surface area (Å²) in [6.07, 6.45) is 2.90. The lowest BCUT2D eigenvalue weighted by molar-refractivity contribution is -0.137. The Hall–Kier alpha value is -1.36. The SMILES string of the molecule is CC(C)(C)C(CC(=O)O)Nc1nc(Cl)nc2c1CCC2. The molecule has 1 atom stereocenters. The second-order valence-corrected chi connectivity index (χ2v) is 6.62. The van der Waals surface area contributed by atoms with Gasteiger partial charge in [0, 0.05) is 11.6 Å². The number of carboxylic acids is 1. The Morgan fingerprint density at radius 2 is 2.10 bits per heavy atom. The molecule has 5 nitrogen and oxygen atoms in total. The molecule has 1 heterocycles. The number of aromatic nitrogens is 2. The predicted octanol–water partition coefficient (Wildman–Crippen LogP) is 2.92. The molecule has 110 valence electrons. The van der Waals surface area contributed by atoms with E-state index in [0.29, 0.717) is 5.82 Å². The smallest absolute Gasteiger partial charge is 0.305 e. The zero-order valence-electron chi connectivity index (χ0n) is 12.0. The quantitative estimate of drug-likeness (QED) is 0.836. The third kappa shape index (κ3) is 3.39. The van der Waals surface area contributed by atoms with Crippen molar-refractivity contribution in [1.29, 1.82) is 0 Å². The van der Waals surface area contributed by atoms with E-state index in [4.69, 9.17) is 16.7 Å². The van der Waals surface area contributed by atoms with Gasteiger partial charge in [-0.1, -0.05) is 20.8 Å². The van der Waals surface area contributed by atoms with Gasteiger partial charge in [-0.2, -0.15) is 0 Å². The predicted molar refractivity (Wildman–Crippen MR) is 78.2 cm³/mol. The monoisotopic (exact) mass is 297 g/mol. The van der Waals surface area contributed by atoms with Crippen LogP contribution in [0.4, 0.5) is 5.82 Å². The van der Waals surface area contributed by atoms with E-state index in [-0.39, 0.29) is 23.2 Å². The van der Waals surface area contributed by atoms with E-state index in [9.17, 15) is 4.79 Å². The standard InChI is InChI=1S/C14H20ClN3O2/c1-14(2,3)10(7-11(19)20)17-12-8-5-4-6-9(8)16-13(15)18-12/h10H,4-7H2,1-3H3,(H,19,20)(H,16,17,18). The summed E-state index contributed by atoms with van der Waals surface area (Å²) >= 11 is 5.95. The summed E-state index contributed by atoms with van der Waals surface area (Å²) in [5.74, 6) is -0.132. The first-order chi connectivity index (χ1) is 9.27. The number of aliphatic carboxylic acids is 1. The highest BCUT2D eigenvalue weighted by atomic mass is 35.5. The van der Waals surface area contributed by atoms with Gasteiger partial charge in [-0.05, 0) is 36.3 Å². The number of carboxylic acid groups (broad SMARTS) is 1. The average molecular weight is 298 g/mol. The van der Waals surface area contributed by atoms with Crippen molar-refractivity contribution in [2.24, 2.45) is 5.41 Å². The van der Waals surface area contributed by atoms with Crippen molar-refractivity contribution >= 4 is 23.4 Å². The number of aryl methyl sites for hydroxylation is 1. The van der Waals surface area contributed by atoms with Crippen molar-refractivity contribution in [1.82, 2.24) is 9.97 Å². The number of hydrogen-bond acceptors (Lipinski definition) is 4. The minimum Gasteiger partial charge on any atom is -0.481 e.